The molecule has 0 aromatic heterocycles. The summed E-state index contributed by atoms with van der Waals surface area (Å²) in [5.74, 6) is 0.859. The molecule has 1 fully saturated rings. The summed E-state index contributed by atoms with van der Waals surface area (Å²) in [7, 11) is 0. The van der Waals surface area contributed by atoms with E-state index < -0.39 is 0 Å². The second kappa shape index (κ2) is 7.64. The van der Waals surface area contributed by atoms with Crippen molar-refractivity contribution in [3.05, 3.63) is 28.2 Å². The second-order valence-corrected chi connectivity index (χ2v) is 7.41. The van der Waals surface area contributed by atoms with Crippen molar-refractivity contribution in [3.8, 4) is 0 Å². The summed E-state index contributed by atoms with van der Waals surface area (Å²) in [5.41, 5.74) is 2.71. The van der Waals surface area contributed by atoms with Crippen LogP contribution in [-0.4, -0.2) is 19.1 Å². The van der Waals surface area contributed by atoms with E-state index in [1.165, 1.54) is 41.5 Å². The van der Waals surface area contributed by atoms with Crippen LogP contribution < -0.4 is 10.2 Å². The van der Waals surface area contributed by atoms with Crippen LogP contribution in [0.1, 0.15) is 58.6 Å². The highest BCUT2D eigenvalue weighted by Crippen LogP contribution is 2.32. The minimum Gasteiger partial charge on any atom is -0.369 e. The molecule has 1 heterocycles. The van der Waals surface area contributed by atoms with Crippen molar-refractivity contribution in [1.29, 1.82) is 0 Å². The van der Waals surface area contributed by atoms with Gasteiger partial charge >= 0.3 is 0 Å². The van der Waals surface area contributed by atoms with Gasteiger partial charge < -0.3 is 10.2 Å². The van der Waals surface area contributed by atoms with Crippen LogP contribution in [0.15, 0.2) is 22.7 Å². The van der Waals surface area contributed by atoms with Crippen molar-refractivity contribution >= 4 is 21.6 Å². The lowest BCUT2D eigenvalue weighted by molar-refractivity contribution is 0.378. The first-order valence-corrected chi connectivity index (χ1v) is 9.11. The lowest BCUT2D eigenvalue weighted by atomic mass is 9.93. The number of piperidine rings is 1. The van der Waals surface area contributed by atoms with Gasteiger partial charge in [0, 0.05) is 28.8 Å². The quantitative estimate of drug-likeness (QED) is 0.789. The highest BCUT2D eigenvalue weighted by Gasteiger charge is 2.23. The summed E-state index contributed by atoms with van der Waals surface area (Å²) in [4.78, 5) is 2.55. The summed E-state index contributed by atoms with van der Waals surface area (Å²) >= 11 is 3.77. The first-order valence-electron chi connectivity index (χ1n) is 8.32. The first-order chi connectivity index (χ1) is 10.0. The Kier molecular flexibility index (Phi) is 6.12. The fourth-order valence-corrected chi connectivity index (χ4v) is 4.02. The van der Waals surface area contributed by atoms with Crippen LogP contribution >= 0.6 is 15.9 Å². The maximum Gasteiger partial charge on any atom is 0.0380 e. The predicted octanol–water partition coefficient (Wildman–Crippen LogP) is 5.13. The lowest BCUT2D eigenvalue weighted by Gasteiger charge is -2.38. The fourth-order valence-electron chi connectivity index (χ4n) is 3.31. The van der Waals surface area contributed by atoms with Gasteiger partial charge in [-0.1, -0.05) is 35.8 Å². The van der Waals surface area contributed by atoms with Gasteiger partial charge in [-0.15, -0.1) is 0 Å². The number of nitrogens with zero attached hydrogens (tertiary/aromatic N) is 1. The van der Waals surface area contributed by atoms with Gasteiger partial charge in [0.25, 0.3) is 0 Å². The normalized spacial score (nSPS) is 24.1. The molecule has 0 amide bonds. The number of hydrogen-bond acceptors (Lipinski definition) is 2. The molecule has 0 aliphatic carbocycles. The highest BCUT2D eigenvalue weighted by atomic mass is 79.9. The third-order valence-electron chi connectivity index (χ3n) is 4.62. The number of hydrogen-bond donors (Lipinski definition) is 1. The summed E-state index contributed by atoms with van der Waals surface area (Å²) in [5, 5.41) is 3.56. The number of halogens is 1. The molecule has 1 aliphatic rings. The van der Waals surface area contributed by atoms with Crippen molar-refractivity contribution in [2.45, 2.75) is 59.0 Å². The van der Waals surface area contributed by atoms with Gasteiger partial charge in [-0.2, -0.15) is 0 Å². The van der Waals surface area contributed by atoms with E-state index in [4.69, 9.17) is 0 Å². The molecule has 1 aromatic carbocycles. The number of rotatable bonds is 5. The molecule has 0 spiro atoms. The maximum absolute atomic E-state index is 3.77. The zero-order valence-electron chi connectivity index (χ0n) is 13.8. The van der Waals surface area contributed by atoms with Crippen molar-refractivity contribution in [2.24, 2.45) is 5.92 Å². The van der Waals surface area contributed by atoms with Gasteiger partial charge in [0.05, 0.1) is 0 Å². The molecule has 2 rings (SSSR count). The monoisotopic (exact) mass is 352 g/mol. The van der Waals surface area contributed by atoms with E-state index in [9.17, 15) is 0 Å². The highest BCUT2D eigenvalue weighted by molar-refractivity contribution is 9.10. The van der Waals surface area contributed by atoms with Crippen LogP contribution in [0.4, 0.5) is 5.69 Å². The van der Waals surface area contributed by atoms with Gasteiger partial charge in [-0.25, -0.2) is 0 Å². The Morgan fingerprint density at radius 3 is 2.76 bits per heavy atom. The number of nitrogens with one attached hydrogen (secondary N) is 1. The first kappa shape index (κ1) is 16.8. The molecule has 1 aliphatic heterocycles. The largest absolute Gasteiger partial charge is 0.369 e. The molecular weight excluding hydrogens is 324 g/mol. The molecule has 118 valence electrons. The van der Waals surface area contributed by atoms with Crippen molar-refractivity contribution in [2.75, 3.05) is 18.0 Å². The molecule has 1 N–H and O–H groups in total. The topological polar surface area (TPSA) is 15.3 Å². The zero-order chi connectivity index (χ0) is 15.4. The second-order valence-electron chi connectivity index (χ2n) is 6.55. The zero-order valence-corrected chi connectivity index (χ0v) is 15.4. The minimum absolute atomic E-state index is 0.396. The number of anilines is 1. The van der Waals surface area contributed by atoms with Crippen LogP contribution in [0.25, 0.3) is 0 Å². The molecular formula is C18H29BrN2. The molecule has 0 saturated carbocycles. The Labute approximate surface area is 138 Å². The van der Waals surface area contributed by atoms with E-state index in [1.807, 2.05) is 0 Å². The van der Waals surface area contributed by atoms with Gasteiger partial charge in [-0.05, 0) is 63.3 Å². The Morgan fingerprint density at radius 1 is 1.38 bits per heavy atom. The van der Waals surface area contributed by atoms with Gasteiger partial charge in [0.15, 0.2) is 0 Å². The molecule has 3 unspecified atom stereocenters. The molecule has 1 aromatic rings. The van der Waals surface area contributed by atoms with Gasteiger partial charge in [0.1, 0.15) is 0 Å². The predicted molar refractivity (Wildman–Crippen MR) is 96.1 cm³/mol. The van der Waals surface area contributed by atoms with E-state index >= 15 is 0 Å². The Morgan fingerprint density at radius 2 is 2.14 bits per heavy atom. The average Bonchev–Trinajstić information content (AvgIpc) is 2.44. The fraction of sp³-hybridized carbons (Fsp3) is 0.667. The molecule has 0 radical (unpaired) electrons. The smallest absolute Gasteiger partial charge is 0.0380 e. The van der Waals surface area contributed by atoms with Gasteiger partial charge in [-0.3, -0.25) is 0 Å². The minimum atomic E-state index is 0.396. The standard InChI is InChI=1S/C18H29BrN2/c1-5-9-20-15(4)17-7-6-16(12-18(17)19)21-10-8-13(2)11-14(21)3/h6-7,12-15,20H,5,8-11H2,1-4H3. The van der Waals surface area contributed by atoms with Crippen molar-refractivity contribution in [1.82, 2.24) is 5.32 Å². The van der Waals surface area contributed by atoms with Crippen LogP contribution in [-0.2, 0) is 0 Å². The van der Waals surface area contributed by atoms with E-state index in [-0.39, 0.29) is 0 Å². The third-order valence-corrected chi connectivity index (χ3v) is 5.31. The molecule has 3 heteroatoms. The van der Waals surface area contributed by atoms with Crippen molar-refractivity contribution in [3.63, 3.8) is 0 Å². The summed E-state index contributed by atoms with van der Waals surface area (Å²) < 4.78 is 1.22. The summed E-state index contributed by atoms with van der Waals surface area (Å²) in [6.45, 7) is 11.4. The van der Waals surface area contributed by atoms with Crippen LogP contribution in [0.5, 0.6) is 0 Å². The molecule has 1 saturated heterocycles. The molecule has 3 atom stereocenters. The molecule has 2 nitrogen and oxygen atoms in total. The maximum atomic E-state index is 3.77. The summed E-state index contributed by atoms with van der Waals surface area (Å²) in [6.07, 6.45) is 3.77. The van der Waals surface area contributed by atoms with Crippen LogP contribution in [0.2, 0.25) is 0 Å². The van der Waals surface area contributed by atoms with E-state index in [0.29, 0.717) is 12.1 Å². The Hall–Kier alpha value is -0.540. The Bertz CT molecular complexity index is 461. The van der Waals surface area contributed by atoms with Crippen molar-refractivity contribution < 1.29 is 0 Å². The van der Waals surface area contributed by atoms with E-state index in [0.717, 1.165) is 12.5 Å². The molecule has 21 heavy (non-hydrogen) atoms. The van der Waals surface area contributed by atoms with E-state index in [2.05, 4.69) is 72.0 Å². The van der Waals surface area contributed by atoms with Gasteiger partial charge in [0.2, 0.25) is 0 Å². The SMILES string of the molecule is CCCNC(C)c1ccc(N2CCC(C)CC2C)cc1Br. The molecule has 0 bridgehead atoms. The average molecular weight is 353 g/mol. The third kappa shape index (κ3) is 4.23. The summed E-state index contributed by atoms with van der Waals surface area (Å²) in [6, 6.07) is 7.90. The van der Waals surface area contributed by atoms with E-state index in [1.54, 1.807) is 0 Å². The lowest BCUT2D eigenvalue weighted by Crippen LogP contribution is -2.40. The number of benzene rings is 1. The van der Waals surface area contributed by atoms with Crippen LogP contribution in [0, 0.1) is 5.92 Å². The van der Waals surface area contributed by atoms with Crippen LogP contribution in [0.3, 0.4) is 0 Å². The Balaban J connectivity index is 2.11.